The lowest BCUT2D eigenvalue weighted by atomic mass is 10.1. The van der Waals surface area contributed by atoms with Crippen molar-refractivity contribution < 1.29 is 17.9 Å². The monoisotopic (exact) mass is 271 g/mol. The van der Waals surface area contributed by atoms with Crippen LogP contribution in [0.2, 0.25) is 0 Å². The van der Waals surface area contributed by atoms with Crippen LogP contribution in [0.4, 0.5) is 0 Å². The third-order valence-corrected chi connectivity index (χ3v) is 3.26. The van der Waals surface area contributed by atoms with E-state index < -0.39 is 16.0 Å². The molecule has 1 aromatic rings. The Morgan fingerprint density at radius 3 is 2.44 bits per heavy atom. The van der Waals surface area contributed by atoms with E-state index in [1.54, 1.807) is 19.9 Å². The van der Waals surface area contributed by atoms with Crippen molar-refractivity contribution in [3.05, 3.63) is 29.3 Å². The Labute approximate surface area is 107 Å². The first-order valence-corrected chi connectivity index (χ1v) is 7.17. The third-order valence-electron chi connectivity index (χ3n) is 2.35. The van der Waals surface area contributed by atoms with E-state index in [-0.39, 0.29) is 16.6 Å². The Bertz CT molecular complexity index is 549. The number of hydrogen-bond acceptors (Lipinski definition) is 4. The minimum atomic E-state index is -3.82. The molecule has 0 spiro atoms. The van der Waals surface area contributed by atoms with Crippen LogP contribution in [0.1, 0.15) is 36.7 Å². The van der Waals surface area contributed by atoms with Crippen molar-refractivity contribution in [1.29, 1.82) is 0 Å². The van der Waals surface area contributed by atoms with Crippen LogP contribution in [0.15, 0.2) is 23.1 Å². The Morgan fingerprint density at radius 2 is 2.00 bits per heavy atom. The number of carbonyl (C=O) groups excluding carboxylic acids is 1. The van der Waals surface area contributed by atoms with E-state index in [0.717, 1.165) is 5.56 Å². The SMILES string of the molecule is CCc1ccc(S(N)(=O)=O)cc1C(=O)OC(C)C. The molecule has 1 aromatic carbocycles. The molecule has 0 aromatic heterocycles. The van der Waals surface area contributed by atoms with Crippen molar-refractivity contribution in [3.8, 4) is 0 Å². The van der Waals surface area contributed by atoms with E-state index in [0.29, 0.717) is 6.42 Å². The van der Waals surface area contributed by atoms with Crippen LogP contribution in [0.5, 0.6) is 0 Å². The van der Waals surface area contributed by atoms with Crippen LogP contribution in [0.25, 0.3) is 0 Å². The highest BCUT2D eigenvalue weighted by Gasteiger charge is 2.17. The second kappa shape index (κ2) is 5.49. The summed E-state index contributed by atoms with van der Waals surface area (Å²) in [6.45, 7) is 5.33. The number of hydrogen-bond donors (Lipinski definition) is 1. The summed E-state index contributed by atoms with van der Waals surface area (Å²) in [5, 5.41) is 5.04. The fourth-order valence-corrected chi connectivity index (χ4v) is 2.05. The lowest BCUT2D eigenvalue weighted by Gasteiger charge is -2.11. The topological polar surface area (TPSA) is 86.5 Å². The number of carbonyl (C=O) groups is 1. The van der Waals surface area contributed by atoms with Crippen LogP contribution >= 0.6 is 0 Å². The average Bonchev–Trinajstić information content (AvgIpc) is 2.26. The van der Waals surface area contributed by atoms with Crippen molar-refractivity contribution in [2.24, 2.45) is 5.14 Å². The van der Waals surface area contributed by atoms with E-state index in [1.165, 1.54) is 12.1 Å². The zero-order valence-electron chi connectivity index (χ0n) is 10.6. The van der Waals surface area contributed by atoms with Crippen molar-refractivity contribution in [3.63, 3.8) is 0 Å². The molecule has 1 rings (SSSR count). The van der Waals surface area contributed by atoms with E-state index in [9.17, 15) is 13.2 Å². The maximum Gasteiger partial charge on any atom is 0.338 e. The maximum atomic E-state index is 11.9. The number of esters is 1. The van der Waals surface area contributed by atoms with Crippen molar-refractivity contribution >= 4 is 16.0 Å². The smallest absolute Gasteiger partial charge is 0.338 e. The van der Waals surface area contributed by atoms with Gasteiger partial charge in [-0.15, -0.1) is 0 Å². The molecule has 0 atom stereocenters. The first-order valence-electron chi connectivity index (χ1n) is 5.62. The van der Waals surface area contributed by atoms with Crippen LogP contribution in [0.3, 0.4) is 0 Å². The summed E-state index contributed by atoms with van der Waals surface area (Å²) < 4.78 is 27.6. The molecular weight excluding hydrogens is 254 g/mol. The number of primary sulfonamides is 1. The quantitative estimate of drug-likeness (QED) is 0.840. The van der Waals surface area contributed by atoms with Gasteiger partial charge >= 0.3 is 5.97 Å². The zero-order chi connectivity index (χ0) is 13.9. The Balaban J connectivity index is 3.27. The lowest BCUT2D eigenvalue weighted by molar-refractivity contribution is 0.0376. The van der Waals surface area contributed by atoms with Gasteiger partial charge in [-0.05, 0) is 38.0 Å². The van der Waals surface area contributed by atoms with E-state index >= 15 is 0 Å². The standard InChI is InChI=1S/C12H17NO4S/c1-4-9-5-6-10(18(13,15)16)7-11(9)12(14)17-8(2)3/h5-8H,4H2,1-3H3,(H2,13,15,16). The number of ether oxygens (including phenoxy) is 1. The number of rotatable bonds is 4. The van der Waals surface area contributed by atoms with Gasteiger partial charge in [0.2, 0.25) is 10.0 Å². The van der Waals surface area contributed by atoms with Crippen LogP contribution in [0, 0.1) is 0 Å². The highest BCUT2D eigenvalue weighted by atomic mass is 32.2. The predicted molar refractivity (Wildman–Crippen MR) is 67.7 cm³/mol. The summed E-state index contributed by atoms with van der Waals surface area (Å²) in [6, 6.07) is 4.23. The van der Waals surface area contributed by atoms with Crippen molar-refractivity contribution in [2.75, 3.05) is 0 Å². The summed E-state index contributed by atoms with van der Waals surface area (Å²) in [5.41, 5.74) is 0.978. The molecule has 0 radical (unpaired) electrons. The molecule has 0 fully saturated rings. The molecule has 18 heavy (non-hydrogen) atoms. The Hall–Kier alpha value is -1.40. The van der Waals surface area contributed by atoms with Gasteiger partial charge in [0.1, 0.15) is 0 Å². The molecule has 0 aliphatic rings. The fourth-order valence-electron chi connectivity index (χ4n) is 1.51. The number of sulfonamides is 1. The lowest BCUT2D eigenvalue weighted by Crippen LogP contribution is -2.16. The van der Waals surface area contributed by atoms with Crippen molar-refractivity contribution in [1.82, 2.24) is 0 Å². The molecule has 0 saturated carbocycles. The molecule has 0 unspecified atom stereocenters. The second-order valence-corrected chi connectivity index (χ2v) is 5.73. The molecular formula is C12H17NO4S. The molecule has 6 heteroatoms. The molecule has 0 bridgehead atoms. The van der Waals surface area contributed by atoms with Gasteiger partial charge in [0.15, 0.2) is 0 Å². The van der Waals surface area contributed by atoms with Gasteiger partial charge in [-0.2, -0.15) is 0 Å². The summed E-state index contributed by atoms with van der Waals surface area (Å²) >= 11 is 0. The normalized spacial score (nSPS) is 11.6. The van der Waals surface area contributed by atoms with Crippen LogP contribution in [-0.4, -0.2) is 20.5 Å². The number of aryl methyl sites for hydroxylation is 1. The molecule has 0 heterocycles. The second-order valence-electron chi connectivity index (χ2n) is 4.17. The molecule has 0 saturated heterocycles. The van der Waals surface area contributed by atoms with Gasteiger partial charge < -0.3 is 4.74 Å². The largest absolute Gasteiger partial charge is 0.459 e. The minimum absolute atomic E-state index is 0.0876. The molecule has 100 valence electrons. The van der Waals surface area contributed by atoms with Gasteiger partial charge in [-0.3, -0.25) is 0 Å². The first kappa shape index (κ1) is 14.7. The molecule has 2 N–H and O–H groups in total. The molecule has 0 aliphatic heterocycles. The van der Waals surface area contributed by atoms with Gasteiger partial charge in [-0.1, -0.05) is 13.0 Å². The minimum Gasteiger partial charge on any atom is -0.459 e. The summed E-state index contributed by atoms with van der Waals surface area (Å²) in [4.78, 5) is 11.8. The van der Waals surface area contributed by atoms with E-state index in [1.807, 2.05) is 6.92 Å². The van der Waals surface area contributed by atoms with Crippen LogP contribution < -0.4 is 5.14 Å². The third kappa shape index (κ3) is 3.54. The number of benzene rings is 1. The molecule has 5 nitrogen and oxygen atoms in total. The predicted octanol–water partition coefficient (Wildman–Crippen LogP) is 1.46. The van der Waals surface area contributed by atoms with Crippen molar-refractivity contribution in [2.45, 2.75) is 38.2 Å². The average molecular weight is 271 g/mol. The first-order chi connectivity index (χ1) is 8.25. The maximum absolute atomic E-state index is 11.9. The van der Waals surface area contributed by atoms with E-state index in [4.69, 9.17) is 9.88 Å². The van der Waals surface area contributed by atoms with Gasteiger partial charge in [0, 0.05) is 0 Å². The van der Waals surface area contributed by atoms with Crippen LogP contribution in [-0.2, 0) is 21.2 Å². The van der Waals surface area contributed by atoms with Gasteiger partial charge in [0.05, 0.1) is 16.6 Å². The summed E-state index contributed by atoms with van der Waals surface area (Å²) in [7, 11) is -3.82. The van der Waals surface area contributed by atoms with Gasteiger partial charge in [0.25, 0.3) is 0 Å². The van der Waals surface area contributed by atoms with Gasteiger partial charge in [-0.25, -0.2) is 18.4 Å². The summed E-state index contributed by atoms with van der Waals surface area (Å²) in [5.74, 6) is -0.535. The Morgan fingerprint density at radius 1 is 1.39 bits per heavy atom. The highest BCUT2D eigenvalue weighted by Crippen LogP contribution is 2.17. The summed E-state index contributed by atoms with van der Waals surface area (Å²) in [6.07, 6.45) is 0.341. The Kier molecular flexibility index (Phi) is 4.48. The van der Waals surface area contributed by atoms with E-state index in [2.05, 4.69) is 0 Å². The molecule has 0 aliphatic carbocycles. The molecule has 0 amide bonds. The zero-order valence-corrected chi connectivity index (χ0v) is 11.5. The number of nitrogens with two attached hydrogens (primary N) is 1. The fraction of sp³-hybridized carbons (Fsp3) is 0.417. The highest BCUT2D eigenvalue weighted by molar-refractivity contribution is 7.89.